The summed E-state index contributed by atoms with van der Waals surface area (Å²) >= 11 is 0. The topological polar surface area (TPSA) is 108 Å². The number of carbonyl (C=O) groups is 3. The summed E-state index contributed by atoms with van der Waals surface area (Å²) in [5.74, 6) is -1.43. The molecular formula is C12H23N3O4. The Morgan fingerprint density at radius 2 is 1.74 bits per heavy atom. The Hall–Kier alpha value is -1.79. The number of amides is 3. The lowest BCUT2D eigenvalue weighted by Crippen LogP contribution is -2.49. The molecule has 0 unspecified atom stereocenters. The minimum Gasteiger partial charge on any atom is -0.480 e. The molecule has 0 aliphatic heterocycles. The second kappa shape index (κ2) is 9.18. The van der Waals surface area contributed by atoms with Crippen molar-refractivity contribution in [2.45, 2.75) is 39.7 Å². The molecule has 1 atom stereocenters. The van der Waals surface area contributed by atoms with Crippen molar-refractivity contribution in [1.29, 1.82) is 0 Å². The summed E-state index contributed by atoms with van der Waals surface area (Å²) in [7, 11) is 0. The van der Waals surface area contributed by atoms with E-state index in [4.69, 9.17) is 5.11 Å². The fraction of sp³-hybridized carbons (Fsp3) is 0.750. The first-order chi connectivity index (χ1) is 8.88. The van der Waals surface area contributed by atoms with Crippen LogP contribution in [0, 0.1) is 5.92 Å². The van der Waals surface area contributed by atoms with E-state index >= 15 is 0 Å². The van der Waals surface area contributed by atoms with Gasteiger partial charge in [-0.1, -0.05) is 20.8 Å². The molecule has 110 valence electrons. The summed E-state index contributed by atoms with van der Waals surface area (Å²) < 4.78 is 0. The Morgan fingerprint density at radius 1 is 1.11 bits per heavy atom. The molecule has 0 aromatic rings. The zero-order valence-corrected chi connectivity index (χ0v) is 11.7. The predicted octanol–water partition coefficient (Wildman–Crippen LogP) is 0.311. The number of hydrogen-bond acceptors (Lipinski definition) is 3. The fourth-order valence-electron chi connectivity index (χ4n) is 1.35. The highest BCUT2D eigenvalue weighted by Gasteiger charge is 2.23. The highest BCUT2D eigenvalue weighted by molar-refractivity contribution is 5.83. The van der Waals surface area contributed by atoms with E-state index in [-0.39, 0.29) is 24.8 Å². The molecule has 0 heterocycles. The van der Waals surface area contributed by atoms with Crippen LogP contribution in [0.25, 0.3) is 0 Å². The lowest BCUT2D eigenvalue weighted by Gasteiger charge is -2.18. The molecule has 19 heavy (non-hydrogen) atoms. The van der Waals surface area contributed by atoms with Gasteiger partial charge in [0.25, 0.3) is 0 Å². The second-order valence-electron chi connectivity index (χ2n) is 4.56. The van der Waals surface area contributed by atoms with E-state index < -0.39 is 18.0 Å². The van der Waals surface area contributed by atoms with Gasteiger partial charge in [-0.25, -0.2) is 9.59 Å². The first-order valence-corrected chi connectivity index (χ1v) is 6.42. The number of urea groups is 1. The predicted molar refractivity (Wildman–Crippen MR) is 70.7 cm³/mol. The van der Waals surface area contributed by atoms with Crippen LogP contribution in [-0.4, -0.2) is 42.1 Å². The molecule has 0 saturated heterocycles. The van der Waals surface area contributed by atoms with E-state index in [0.29, 0.717) is 6.54 Å². The van der Waals surface area contributed by atoms with Crippen molar-refractivity contribution in [1.82, 2.24) is 16.0 Å². The molecular weight excluding hydrogens is 250 g/mol. The highest BCUT2D eigenvalue weighted by atomic mass is 16.4. The number of carboxylic acids is 1. The Kier molecular flexibility index (Phi) is 8.32. The van der Waals surface area contributed by atoms with Crippen molar-refractivity contribution in [3.8, 4) is 0 Å². The van der Waals surface area contributed by atoms with Crippen LogP contribution >= 0.6 is 0 Å². The monoisotopic (exact) mass is 273 g/mol. The Morgan fingerprint density at radius 3 is 2.21 bits per heavy atom. The van der Waals surface area contributed by atoms with Gasteiger partial charge in [-0.05, 0) is 12.3 Å². The minimum atomic E-state index is -1.08. The van der Waals surface area contributed by atoms with Crippen molar-refractivity contribution in [2.24, 2.45) is 5.92 Å². The number of aliphatic carboxylic acids is 1. The Balaban J connectivity index is 3.92. The molecule has 0 aliphatic rings. The average molecular weight is 273 g/mol. The normalized spacial score (nSPS) is 11.8. The molecule has 4 N–H and O–H groups in total. The van der Waals surface area contributed by atoms with Crippen molar-refractivity contribution >= 4 is 17.9 Å². The maximum atomic E-state index is 11.4. The number of nitrogens with one attached hydrogen (secondary N) is 3. The molecule has 7 heteroatoms. The van der Waals surface area contributed by atoms with E-state index in [0.717, 1.165) is 6.42 Å². The molecule has 0 bridgehead atoms. The van der Waals surface area contributed by atoms with Crippen molar-refractivity contribution < 1.29 is 19.5 Å². The van der Waals surface area contributed by atoms with Crippen molar-refractivity contribution in [3.63, 3.8) is 0 Å². The largest absolute Gasteiger partial charge is 0.480 e. The summed E-state index contributed by atoms with van der Waals surface area (Å²) in [6, 6.07) is -1.52. The van der Waals surface area contributed by atoms with Crippen molar-refractivity contribution in [3.05, 3.63) is 0 Å². The lowest BCUT2D eigenvalue weighted by atomic mass is 10.1. The van der Waals surface area contributed by atoms with Gasteiger partial charge in [-0.2, -0.15) is 0 Å². The summed E-state index contributed by atoms with van der Waals surface area (Å²) in [5, 5.41) is 16.4. The van der Waals surface area contributed by atoms with Crippen LogP contribution in [0.5, 0.6) is 0 Å². The molecule has 0 saturated carbocycles. The zero-order chi connectivity index (χ0) is 14.8. The molecule has 0 spiro atoms. The van der Waals surface area contributed by atoms with Gasteiger partial charge in [0.1, 0.15) is 6.04 Å². The summed E-state index contributed by atoms with van der Waals surface area (Å²) in [4.78, 5) is 33.6. The molecule has 0 aromatic carbocycles. The summed E-state index contributed by atoms with van der Waals surface area (Å²) in [6.07, 6.45) is 1.03. The van der Waals surface area contributed by atoms with Crippen LogP contribution in [0.1, 0.15) is 33.6 Å². The smallest absolute Gasteiger partial charge is 0.326 e. The highest BCUT2D eigenvalue weighted by Crippen LogP contribution is 2.01. The Bertz CT molecular complexity index is 318. The van der Waals surface area contributed by atoms with Crippen LogP contribution in [-0.2, 0) is 9.59 Å². The average Bonchev–Trinajstić information content (AvgIpc) is 2.32. The fourth-order valence-corrected chi connectivity index (χ4v) is 1.35. The van der Waals surface area contributed by atoms with Gasteiger partial charge in [-0.15, -0.1) is 0 Å². The molecule has 0 aromatic heterocycles. The standard InChI is InChI=1S/C12H23N3O4/c1-4-6-13-9(16)5-7-14-12(19)15-10(8(2)3)11(17)18/h8,10H,4-7H2,1-3H3,(H,13,16)(H,17,18)(H2,14,15,19)/t10-/m0/s1. The molecule has 7 nitrogen and oxygen atoms in total. The van der Waals surface area contributed by atoms with Crippen LogP contribution in [0.4, 0.5) is 4.79 Å². The number of carboxylic acid groups (broad SMARTS) is 1. The molecule has 0 radical (unpaired) electrons. The van der Waals surface area contributed by atoms with Gasteiger partial charge in [0.05, 0.1) is 0 Å². The first-order valence-electron chi connectivity index (χ1n) is 6.42. The van der Waals surface area contributed by atoms with Crippen molar-refractivity contribution in [2.75, 3.05) is 13.1 Å². The minimum absolute atomic E-state index is 0.138. The van der Waals surface area contributed by atoms with Gasteiger partial charge in [0.15, 0.2) is 0 Å². The van der Waals surface area contributed by atoms with E-state index in [9.17, 15) is 14.4 Å². The second-order valence-corrected chi connectivity index (χ2v) is 4.56. The number of hydrogen-bond donors (Lipinski definition) is 4. The van der Waals surface area contributed by atoms with Gasteiger partial charge in [-0.3, -0.25) is 4.79 Å². The lowest BCUT2D eigenvalue weighted by molar-refractivity contribution is -0.140. The summed E-state index contributed by atoms with van der Waals surface area (Å²) in [5.41, 5.74) is 0. The first kappa shape index (κ1) is 17.2. The third kappa shape index (κ3) is 8.01. The van der Waals surface area contributed by atoms with Crippen LogP contribution in [0.2, 0.25) is 0 Å². The zero-order valence-electron chi connectivity index (χ0n) is 11.7. The van der Waals surface area contributed by atoms with E-state index in [2.05, 4.69) is 16.0 Å². The molecule has 0 aliphatic carbocycles. The molecule has 0 fully saturated rings. The van der Waals surface area contributed by atoms with E-state index in [1.54, 1.807) is 13.8 Å². The molecule has 3 amide bonds. The van der Waals surface area contributed by atoms with E-state index in [1.807, 2.05) is 6.92 Å². The van der Waals surface area contributed by atoms with Crippen LogP contribution in [0.15, 0.2) is 0 Å². The van der Waals surface area contributed by atoms with Crippen LogP contribution < -0.4 is 16.0 Å². The van der Waals surface area contributed by atoms with E-state index in [1.165, 1.54) is 0 Å². The molecule has 0 rings (SSSR count). The van der Waals surface area contributed by atoms with Crippen LogP contribution in [0.3, 0.4) is 0 Å². The number of rotatable bonds is 8. The SMILES string of the molecule is CCCNC(=O)CCNC(=O)N[C@H](C(=O)O)C(C)C. The van der Waals surface area contributed by atoms with Gasteiger partial charge in [0.2, 0.25) is 5.91 Å². The van der Waals surface area contributed by atoms with Gasteiger partial charge >= 0.3 is 12.0 Å². The summed E-state index contributed by atoms with van der Waals surface area (Å²) in [6.45, 7) is 6.14. The third-order valence-electron chi connectivity index (χ3n) is 2.43. The Labute approximate surface area is 113 Å². The maximum Gasteiger partial charge on any atom is 0.326 e. The quantitative estimate of drug-likeness (QED) is 0.510. The number of carbonyl (C=O) groups excluding carboxylic acids is 2. The van der Waals surface area contributed by atoms with Gasteiger partial charge < -0.3 is 21.1 Å². The third-order valence-corrected chi connectivity index (χ3v) is 2.43. The van der Waals surface area contributed by atoms with Gasteiger partial charge in [0, 0.05) is 19.5 Å². The maximum absolute atomic E-state index is 11.4.